The molecule has 0 saturated carbocycles. The van der Waals surface area contributed by atoms with Crippen LogP contribution >= 0.6 is 23.4 Å². The Hall–Kier alpha value is -1.20. The zero-order valence-electron chi connectivity index (χ0n) is 12.4. The summed E-state index contributed by atoms with van der Waals surface area (Å²) in [6, 6.07) is 7.28. The topological polar surface area (TPSA) is 57.6 Å². The second-order valence-electron chi connectivity index (χ2n) is 5.60. The summed E-state index contributed by atoms with van der Waals surface area (Å²) in [7, 11) is 0. The van der Waals surface area contributed by atoms with Crippen LogP contribution in [0.1, 0.15) is 27.2 Å². The molecule has 1 aromatic carbocycles. The Labute approximate surface area is 134 Å². The van der Waals surface area contributed by atoms with Crippen molar-refractivity contribution in [3.05, 3.63) is 29.3 Å². The molecule has 0 aliphatic heterocycles. The maximum atomic E-state index is 12.3. The number of carboxylic acids is 1. The predicted molar refractivity (Wildman–Crippen MR) is 85.9 cm³/mol. The van der Waals surface area contributed by atoms with Crippen molar-refractivity contribution >= 4 is 35.2 Å². The molecule has 0 fully saturated rings. The van der Waals surface area contributed by atoms with E-state index in [9.17, 15) is 9.59 Å². The van der Waals surface area contributed by atoms with Crippen LogP contribution in [-0.4, -0.2) is 39.7 Å². The van der Waals surface area contributed by atoms with Gasteiger partial charge in [0.1, 0.15) is 0 Å². The Morgan fingerprint density at radius 3 is 2.29 bits per heavy atom. The lowest BCUT2D eigenvalue weighted by molar-refractivity contribution is -0.139. The van der Waals surface area contributed by atoms with E-state index in [0.717, 1.165) is 4.90 Å². The average Bonchev–Trinajstić information content (AvgIpc) is 2.36. The molecule has 0 aromatic heterocycles. The average molecular weight is 330 g/mol. The molecule has 0 radical (unpaired) electrons. The van der Waals surface area contributed by atoms with Gasteiger partial charge in [0.2, 0.25) is 5.91 Å². The van der Waals surface area contributed by atoms with E-state index >= 15 is 0 Å². The number of hydrogen-bond acceptors (Lipinski definition) is 3. The van der Waals surface area contributed by atoms with Gasteiger partial charge in [-0.2, -0.15) is 0 Å². The van der Waals surface area contributed by atoms with E-state index in [4.69, 9.17) is 16.7 Å². The number of rotatable bonds is 6. The van der Waals surface area contributed by atoms with Crippen molar-refractivity contribution in [1.82, 2.24) is 4.90 Å². The van der Waals surface area contributed by atoms with Crippen LogP contribution in [0.5, 0.6) is 0 Å². The van der Waals surface area contributed by atoms with E-state index in [2.05, 4.69) is 0 Å². The molecule has 0 heterocycles. The van der Waals surface area contributed by atoms with Crippen LogP contribution < -0.4 is 0 Å². The number of nitrogens with zero attached hydrogens (tertiary/aromatic N) is 1. The highest BCUT2D eigenvalue weighted by atomic mass is 35.5. The number of carboxylic acid groups (broad SMARTS) is 1. The van der Waals surface area contributed by atoms with Crippen LogP contribution in [0.4, 0.5) is 0 Å². The van der Waals surface area contributed by atoms with Crippen LogP contribution in [0.25, 0.3) is 0 Å². The number of carbonyl (C=O) groups excluding carboxylic acids is 1. The van der Waals surface area contributed by atoms with Gasteiger partial charge in [0, 0.05) is 22.0 Å². The van der Waals surface area contributed by atoms with Crippen molar-refractivity contribution < 1.29 is 14.7 Å². The molecule has 0 aliphatic rings. The molecule has 4 nitrogen and oxygen atoms in total. The van der Waals surface area contributed by atoms with E-state index in [0.29, 0.717) is 5.02 Å². The number of carbonyl (C=O) groups is 2. The molecule has 21 heavy (non-hydrogen) atoms. The van der Waals surface area contributed by atoms with Crippen molar-refractivity contribution in [1.29, 1.82) is 0 Å². The van der Waals surface area contributed by atoms with Gasteiger partial charge in [0.25, 0.3) is 0 Å². The molecule has 1 amide bonds. The summed E-state index contributed by atoms with van der Waals surface area (Å²) in [5, 5.41) is 9.44. The Bertz CT molecular complexity index is 497. The summed E-state index contributed by atoms with van der Waals surface area (Å²) in [6.45, 7) is 5.93. The zero-order valence-corrected chi connectivity index (χ0v) is 14.0. The van der Waals surface area contributed by atoms with Crippen LogP contribution in [0.3, 0.4) is 0 Å². The van der Waals surface area contributed by atoms with Gasteiger partial charge in [-0.05, 0) is 45.0 Å². The largest absolute Gasteiger partial charge is 0.481 e. The number of aliphatic carboxylic acids is 1. The Balaban J connectivity index is 2.63. The monoisotopic (exact) mass is 329 g/mol. The first-order valence-corrected chi connectivity index (χ1v) is 7.97. The third-order valence-electron chi connectivity index (χ3n) is 2.84. The van der Waals surface area contributed by atoms with Crippen molar-refractivity contribution in [2.45, 2.75) is 37.6 Å². The molecule has 1 N–H and O–H groups in total. The number of thioether (sulfide) groups is 1. The lowest BCUT2D eigenvalue weighted by Gasteiger charge is -2.35. The maximum Gasteiger partial charge on any atom is 0.305 e. The fraction of sp³-hybridized carbons (Fsp3) is 0.467. The number of hydrogen-bond donors (Lipinski definition) is 1. The molecular formula is C15H20ClNO3S. The molecule has 1 aromatic rings. The van der Waals surface area contributed by atoms with Crippen molar-refractivity contribution in [2.75, 3.05) is 12.3 Å². The smallest absolute Gasteiger partial charge is 0.305 e. The minimum atomic E-state index is -0.901. The Morgan fingerprint density at radius 2 is 1.81 bits per heavy atom. The minimum Gasteiger partial charge on any atom is -0.481 e. The highest BCUT2D eigenvalue weighted by Crippen LogP contribution is 2.22. The molecule has 1 rings (SSSR count). The van der Waals surface area contributed by atoms with E-state index < -0.39 is 11.5 Å². The first-order chi connectivity index (χ1) is 9.70. The standard InChI is InChI=1S/C15H20ClNO3S/c1-15(2,3)17(9-8-14(19)20)13(18)10-21-12-6-4-11(16)5-7-12/h4-7H,8-10H2,1-3H3,(H,19,20). The fourth-order valence-corrected chi connectivity index (χ4v) is 2.70. The van der Waals surface area contributed by atoms with Gasteiger partial charge in [-0.1, -0.05) is 11.6 Å². The molecule has 0 aliphatic carbocycles. The van der Waals surface area contributed by atoms with Crippen LogP contribution in [0, 0.1) is 0 Å². The highest BCUT2D eigenvalue weighted by molar-refractivity contribution is 8.00. The molecule has 0 bridgehead atoms. The first kappa shape index (κ1) is 17.9. The third kappa shape index (κ3) is 6.40. The normalized spacial score (nSPS) is 11.2. The summed E-state index contributed by atoms with van der Waals surface area (Å²) in [5.41, 5.74) is -0.396. The second kappa shape index (κ2) is 7.71. The highest BCUT2D eigenvalue weighted by Gasteiger charge is 2.26. The number of halogens is 1. The molecule has 0 saturated heterocycles. The van der Waals surface area contributed by atoms with Gasteiger partial charge in [-0.15, -0.1) is 11.8 Å². The summed E-state index contributed by atoms with van der Waals surface area (Å²) >= 11 is 7.23. The minimum absolute atomic E-state index is 0.0470. The second-order valence-corrected chi connectivity index (χ2v) is 7.09. The van der Waals surface area contributed by atoms with Gasteiger partial charge < -0.3 is 10.0 Å². The molecular weight excluding hydrogens is 310 g/mol. The Kier molecular flexibility index (Phi) is 6.55. The third-order valence-corrected chi connectivity index (χ3v) is 4.08. The molecule has 6 heteroatoms. The fourth-order valence-electron chi connectivity index (χ4n) is 1.80. The first-order valence-electron chi connectivity index (χ1n) is 6.61. The van der Waals surface area contributed by atoms with Gasteiger partial charge in [-0.3, -0.25) is 9.59 Å². The summed E-state index contributed by atoms with van der Waals surface area (Å²) < 4.78 is 0. The lowest BCUT2D eigenvalue weighted by atomic mass is 10.1. The maximum absolute atomic E-state index is 12.3. The predicted octanol–water partition coefficient (Wildman–Crippen LogP) is 3.53. The quantitative estimate of drug-likeness (QED) is 0.811. The summed E-state index contributed by atoms with van der Waals surface area (Å²) in [4.78, 5) is 25.6. The van der Waals surface area contributed by atoms with Gasteiger partial charge >= 0.3 is 5.97 Å². The van der Waals surface area contributed by atoms with Crippen LogP contribution in [0.15, 0.2) is 29.2 Å². The van der Waals surface area contributed by atoms with Crippen LogP contribution in [0.2, 0.25) is 5.02 Å². The lowest BCUT2D eigenvalue weighted by Crippen LogP contribution is -2.47. The number of amides is 1. The van der Waals surface area contributed by atoms with Crippen molar-refractivity contribution in [2.24, 2.45) is 0 Å². The van der Waals surface area contributed by atoms with E-state index in [1.165, 1.54) is 11.8 Å². The SMILES string of the molecule is CC(C)(C)N(CCC(=O)O)C(=O)CSc1ccc(Cl)cc1. The van der Waals surface area contributed by atoms with E-state index in [1.807, 2.05) is 32.9 Å². The molecule has 116 valence electrons. The van der Waals surface area contributed by atoms with Gasteiger partial charge in [0.15, 0.2) is 0 Å². The molecule has 0 atom stereocenters. The van der Waals surface area contributed by atoms with E-state index in [1.54, 1.807) is 17.0 Å². The van der Waals surface area contributed by atoms with Crippen molar-refractivity contribution in [3.63, 3.8) is 0 Å². The summed E-state index contributed by atoms with van der Waals surface area (Å²) in [6.07, 6.45) is -0.0470. The van der Waals surface area contributed by atoms with Gasteiger partial charge in [-0.25, -0.2) is 0 Å². The van der Waals surface area contributed by atoms with E-state index in [-0.39, 0.29) is 24.6 Å². The summed E-state index contributed by atoms with van der Waals surface area (Å²) in [5.74, 6) is -0.690. The van der Waals surface area contributed by atoms with Gasteiger partial charge in [0.05, 0.1) is 12.2 Å². The Morgan fingerprint density at radius 1 is 1.24 bits per heavy atom. The molecule has 0 spiro atoms. The van der Waals surface area contributed by atoms with Crippen LogP contribution in [-0.2, 0) is 9.59 Å². The zero-order chi connectivity index (χ0) is 16.0. The number of benzene rings is 1. The molecule has 0 unspecified atom stereocenters. The van der Waals surface area contributed by atoms with Crippen molar-refractivity contribution in [3.8, 4) is 0 Å².